The summed E-state index contributed by atoms with van der Waals surface area (Å²) in [6, 6.07) is 7.76. The fraction of sp³-hybridized carbons (Fsp3) is 0.714. The van der Waals surface area contributed by atoms with Gasteiger partial charge in [0.05, 0.1) is 37.6 Å². The molecule has 1 aliphatic heterocycles. The predicted octanol–water partition coefficient (Wildman–Crippen LogP) is 2.71. The Labute approximate surface area is 164 Å². The molecule has 2 rings (SSSR count). The number of hydrogen-bond donors (Lipinski definition) is 1. The van der Waals surface area contributed by atoms with E-state index in [2.05, 4.69) is 6.92 Å². The summed E-state index contributed by atoms with van der Waals surface area (Å²) in [5.74, 6) is 0.813. The molecule has 0 bridgehead atoms. The van der Waals surface area contributed by atoms with Crippen LogP contribution in [0.2, 0.25) is 0 Å². The van der Waals surface area contributed by atoms with Crippen molar-refractivity contribution in [3.63, 3.8) is 0 Å². The highest BCUT2D eigenvalue weighted by atomic mass is 16.5. The molecule has 1 aromatic rings. The Kier molecular flexibility index (Phi) is 7.75. The monoisotopic (exact) mass is 377 g/mol. The van der Waals surface area contributed by atoms with Crippen LogP contribution in [0.15, 0.2) is 24.3 Å². The lowest BCUT2D eigenvalue weighted by Crippen LogP contribution is -2.49. The van der Waals surface area contributed by atoms with Crippen molar-refractivity contribution < 1.29 is 24.0 Å². The molecule has 6 heteroatoms. The molecular weight excluding hydrogens is 343 g/mol. The fourth-order valence-corrected chi connectivity index (χ4v) is 2.39. The van der Waals surface area contributed by atoms with Gasteiger partial charge in [-0.2, -0.15) is 0 Å². The number of benzene rings is 1. The van der Waals surface area contributed by atoms with Gasteiger partial charge in [0.25, 0.3) is 0 Å². The molecule has 1 aliphatic rings. The van der Waals surface area contributed by atoms with E-state index in [0.717, 1.165) is 50.5 Å². The summed E-state index contributed by atoms with van der Waals surface area (Å²) in [5, 5.41) is 10.2. The van der Waals surface area contributed by atoms with E-state index in [1.54, 1.807) is 21.3 Å². The van der Waals surface area contributed by atoms with Gasteiger partial charge in [-0.15, -0.1) is 0 Å². The van der Waals surface area contributed by atoms with Gasteiger partial charge in [-0.05, 0) is 58.1 Å². The summed E-state index contributed by atoms with van der Waals surface area (Å²) in [5.41, 5.74) is -0.505. The first-order chi connectivity index (χ1) is 12.6. The minimum atomic E-state index is -0.942. The largest absolute Gasteiger partial charge is 0.494 e. The Morgan fingerprint density at radius 1 is 1.15 bits per heavy atom. The van der Waals surface area contributed by atoms with Gasteiger partial charge in [-0.25, -0.2) is 0 Å². The van der Waals surface area contributed by atoms with Gasteiger partial charge in [0, 0.05) is 12.0 Å². The Balaban J connectivity index is 1.63. The fourth-order valence-electron chi connectivity index (χ4n) is 2.39. The van der Waals surface area contributed by atoms with E-state index >= 15 is 0 Å². The molecule has 151 valence electrons. The van der Waals surface area contributed by atoms with E-state index in [0.29, 0.717) is 6.61 Å². The highest BCUT2D eigenvalue weighted by Crippen LogP contribution is 2.26. The Morgan fingerprint density at radius 2 is 1.85 bits per heavy atom. The third kappa shape index (κ3) is 7.11. The number of aliphatic hydroxyl groups is 1. The van der Waals surface area contributed by atoms with Crippen molar-refractivity contribution in [2.45, 2.75) is 58.7 Å². The van der Waals surface area contributed by atoms with E-state index in [-0.39, 0.29) is 5.41 Å². The molecule has 0 atom stereocenters. The maximum Gasteiger partial charge on any atom is 0.331 e. The minimum Gasteiger partial charge on any atom is -0.494 e. The van der Waals surface area contributed by atoms with Crippen molar-refractivity contribution >= 4 is 12.9 Å². The van der Waals surface area contributed by atoms with Crippen LogP contribution in [0, 0.1) is 5.41 Å². The van der Waals surface area contributed by atoms with Crippen LogP contribution in [0.4, 0.5) is 0 Å². The quantitative estimate of drug-likeness (QED) is 0.448. The van der Waals surface area contributed by atoms with Crippen LogP contribution in [0.25, 0.3) is 0 Å². The second-order valence-corrected chi connectivity index (χ2v) is 8.79. The van der Waals surface area contributed by atoms with Gasteiger partial charge in [0.1, 0.15) is 5.75 Å². The maximum absolute atomic E-state index is 10.2. The van der Waals surface area contributed by atoms with Crippen molar-refractivity contribution in [2.24, 2.45) is 5.41 Å². The maximum atomic E-state index is 10.2. The van der Waals surface area contributed by atoms with E-state index < -0.39 is 11.2 Å². The molecule has 27 heavy (non-hydrogen) atoms. The molecule has 5 nitrogen and oxygen atoms in total. The lowest BCUT2D eigenvalue weighted by molar-refractivity contribution is -0.138. The molecule has 0 amide bonds. The van der Waals surface area contributed by atoms with E-state index in [1.165, 1.54) is 0 Å². The highest BCUT2D eigenvalue weighted by Gasteiger charge is 2.35. The highest BCUT2D eigenvalue weighted by molar-refractivity contribution is 6.47. The average Bonchev–Trinajstić information content (AvgIpc) is 2.57. The third-order valence-corrected chi connectivity index (χ3v) is 5.12. The number of rotatable bonds is 12. The number of unbranched alkanes of at least 4 members (excludes halogenated alkanes) is 1. The predicted molar refractivity (Wildman–Crippen MR) is 108 cm³/mol. The van der Waals surface area contributed by atoms with Crippen LogP contribution in [-0.2, 0) is 14.1 Å². The lowest BCUT2D eigenvalue weighted by atomic mass is 9.82. The Hall–Kier alpha value is -1.08. The second-order valence-electron chi connectivity index (χ2n) is 8.79. The van der Waals surface area contributed by atoms with Gasteiger partial charge in [0.15, 0.2) is 0 Å². The van der Waals surface area contributed by atoms with Gasteiger partial charge >= 0.3 is 7.48 Å². The third-order valence-electron chi connectivity index (χ3n) is 5.12. The first kappa shape index (κ1) is 22.2. The molecule has 0 unspecified atom stereocenters. The topological polar surface area (TPSA) is 57.2 Å². The Bertz CT molecular complexity index is 578. The van der Waals surface area contributed by atoms with Crippen LogP contribution in [0.3, 0.4) is 0 Å². The van der Waals surface area contributed by atoms with Crippen molar-refractivity contribution in [3.8, 4) is 5.75 Å². The molecule has 0 aliphatic carbocycles. The van der Waals surface area contributed by atoms with Crippen LogP contribution in [0.5, 0.6) is 5.75 Å². The van der Waals surface area contributed by atoms with Crippen molar-refractivity contribution in [1.82, 2.24) is 0 Å². The zero-order chi connectivity index (χ0) is 20.0. The SMILES string of the molecule is CC1(COCCCCOc2cccc([B]OC(C)(C)C(C)(C)O)c2)COC1. The second kappa shape index (κ2) is 9.42. The van der Waals surface area contributed by atoms with Crippen LogP contribution < -0.4 is 10.2 Å². The first-order valence-electron chi connectivity index (χ1n) is 9.73. The van der Waals surface area contributed by atoms with Gasteiger partial charge in [0.2, 0.25) is 0 Å². The summed E-state index contributed by atoms with van der Waals surface area (Å²) >= 11 is 0. The van der Waals surface area contributed by atoms with Crippen LogP contribution >= 0.6 is 0 Å². The molecule has 0 spiro atoms. The average molecular weight is 377 g/mol. The van der Waals surface area contributed by atoms with Crippen molar-refractivity contribution in [2.75, 3.05) is 33.0 Å². The molecule has 1 aromatic carbocycles. The Morgan fingerprint density at radius 3 is 2.48 bits per heavy atom. The molecule has 1 heterocycles. The standard InChI is InChI=1S/C21H34BO5/c1-19(2,23)20(3,4)27-22-17-9-8-10-18(13-17)26-12-7-6-11-24-14-21(5)15-25-16-21/h8-10,13,23H,6-7,11-12,14-16H2,1-5H3. The summed E-state index contributed by atoms with van der Waals surface area (Å²) < 4.78 is 22.6. The van der Waals surface area contributed by atoms with Gasteiger partial charge in [-0.3, -0.25) is 0 Å². The van der Waals surface area contributed by atoms with Crippen LogP contribution in [0.1, 0.15) is 47.5 Å². The lowest BCUT2D eigenvalue weighted by Gasteiger charge is -2.37. The van der Waals surface area contributed by atoms with E-state index in [9.17, 15) is 5.11 Å². The van der Waals surface area contributed by atoms with E-state index in [4.69, 9.17) is 18.9 Å². The summed E-state index contributed by atoms with van der Waals surface area (Å²) in [7, 11) is 1.67. The molecule has 1 saturated heterocycles. The smallest absolute Gasteiger partial charge is 0.331 e. The first-order valence-corrected chi connectivity index (χ1v) is 9.73. The number of hydrogen-bond acceptors (Lipinski definition) is 5. The number of ether oxygens (including phenoxy) is 3. The molecule has 0 aromatic heterocycles. The molecule has 1 fully saturated rings. The van der Waals surface area contributed by atoms with Gasteiger partial charge in [-0.1, -0.05) is 19.1 Å². The van der Waals surface area contributed by atoms with Crippen molar-refractivity contribution in [3.05, 3.63) is 24.3 Å². The molecule has 1 radical (unpaired) electrons. The zero-order valence-electron chi connectivity index (χ0n) is 17.4. The molecule has 0 saturated carbocycles. The normalized spacial score (nSPS) is 16.7. The minimum absolute atomic E-state index is 0.218. The molecule has 1 N–H and O–H groups in total. The zero-order valence-corrected chi connectivity index (χ0v) is 17.4. The summed E-state index contributed by atoms with van der Waals surface area (Å²) in [6.07, 6.45) is 1.93. The summed E-state index contributed by atoms with van der Waals surface area (Å²) in [4.78, 5) is 0. The summed E-state index contributed by atoms with van der Waals surface area (Å²) in [6.45, 7) is 13.2. The van der Waals surface area contributed by atoms with Crippen molar-refractivity contribution in [1.29, 1.82) is 0 Å². The van der Waals surface area contributed by atoms with Crippen LogP contribution in [-0.4, -0.2) is 56.8 Å². The van der Waals surface area contributed by atoms with E-state index in [1.807, 2.05) is 38.1 Å². The molecular formula is C21H34BO5. The van der Waals surface area contributed by atoms with Gasteiger partial charge < -0.3 is 24.0 Å².